The standard InChI is InChI=1S/C10H14Br4O4/c11-6-1-5(7(12)9(14)8(6)13)10(17)18-4(2-15)3-16/h4-9,15-16H,1-3H2. The summed E-state index contributed by atoms with van der Waals surface area (Å²) in [5, 5.41) is 17.8. The molecular formula is C10H14Br4O4. The zero-order chi connectivity index (χ0) is 13.9. The summed E-state index contributed by atoms with van der Waals surface area (Å²) in [4.78, 5) is 12.4. The molecular weight excluding hydrogens is 504 g/mol. The fourth-order valence-electron chi connectivity index (χ4n) is 1.71. The molecule has 1 aliphatic carbocycles. The van der Waals surface area contributed by atoms with Crippen LogP contribution in [-0.2, 0) is 9.53 Å². The minimum atomic E-state index is -0.846. The first-order valence-electron chi connectivity index (χ1n) is 5.40. The van der Waals surface area contributed by atoms with Gasteiger partial charge in [0.15, 0.2) is 0 Å². The highest BCUT2D eigenvalue weighted by Gasteiger charge is 2.44. The van der Waals surface area contributed by atoms with E-state index in [1.165, 1.54) is 0 Å². The number of hydrogen-bond donors (Lipinski definition) is 2. The van der Waals surface area contributed by atoms with E-state index in [0.29, 0.717) is 6.42 Å². The molecule has 1 aliphatic rings. The second kappa shape index (κ2) is 7.93. The fraction of sp³-hybridized carbons (Fsp3) is 0.900. The van der Waals surface area contributed by atoms with Gasteiger partial charge < -0.3 is 14.9 Å². The number of carbonyl (C=O) groups excluding carboxylic acids is 1. The quantitative estimate of drug-likeness (QED) is 0.442. The lowest BCUT2D eigenvalue weighted by Crippen LogP contribution is -2.47. The molecule has 1 rings (SSSR count). The Morgan fingerprint density at radius 2 is 1.67 bits per heavy atom. The van der Waals surface area contributed by atoms with Crippen molar-refractivity contribution in [1.29, 1.82) is 0 Å². The van der Waals surface area contributed by atoms with Gasteiger partial charge in [-0.15, -0.1) is 0 Å². The number of rotatable bonds is 4. The molecule has 8 heteroatoms. The van der Waals surface area contributed by atoms with E-state index < -0.39 is 12.1 Å². The molecule has 5 atom stereocenters. The Balaban J connectivity index is 2.67. The number of esters is 1. The summed E-state index contributed by atoms with van der Waals surface area (Å²) in [5.74, 6) is -0.730. The van der Waals surface area contributed by atoms with Crippen LogP contribution in [0.4, 0.5) is 0 Å². The molecule has 0 bridgehead atoms. The lowest BCUT2D eigenvalue weighted by molar-refractivity contribution is -0.158. The molecule has 0 aromatic heterocycles. The Morgan fingerprint density at radius 1 is 1.11 bits per heavy atom. The maximum Gasteiger partial charge on any atom is 0.310 e. The predicted molar refractivity (Wildman–Crippen MR) is 83.0 cm³/mol. The number of halogens is 4. The number of aliphatic hydroxyl groups excluding tert-OH is 2. The van der Waals surface area contributed by atoms with Crippen LogP contribution < -0.4 is 0 Å². The molecule has 0 aromatic carbocycles. The minimum absolute atomic E-state index is 0.0683. The van der Waals surface area contributed by atoms with Crippen LogP contribution in [0.15, 0.2) is 0 Å². The second-order valence-electron chi connectivity index (χ2n) is 4.12. The summed E-state index contributed by atoms with van der Waals surface area (Å²) in [5.41, 5.74) is 0. The third kappa shape index (κ3) is 4.15. The molecule has 0 radical (unpaired) electrons. The third-order valence-electron chi connectivity index (χ3n) is 2.81. The van der Waals surface area contributed by atoms with E-state index in [4.69, 9.17) is 14.9 Å². The van der Waals surface area contributed by atoms with Gasteiger partial charge >= 0.3 is 5.97 Å². The first kappa shape index (κ1) is 17.4. The molecule has 18 heavy (non-hydrogen) atoms. The molecule has 0 aromatic rings. The molecule has 0 amide bonds. The van der Waals surface area contributed by atoms with E-state index >= 15 is 0 Å². The summed E-state index contributed by atoms with van der Waals surface area (Å²) in [7, 11) is 0. The van der Waals surface area contributed by atoms with Crippen LogP contribution in [0.1, 0.15) is 6.42 Å². The normalized spacial score (nSPS) is 36.7. The molecule has 5 unspecified atom stereocenters. The van der Waals surface area contributed by atoms with Crippen LogP contribution in [0.2, 0.25) is 0 Å². The van der Waals surface area contributed by atoms with E-state index in [9.17, 15) is 4.79 Å². The largest absolute Gasteiger partial charge is 0.457 e. The van der Waals surface area contributed by atoms with Crippen molar-refractivity contribution in [3.8, 4) is 0 Å². The van der Waals surface area contributed by atoms with Crippen LogP contribution in [0.5, 0.6) is 0 Å². The van der Waals surface area contributed by atoms with E-state index in [1.807, 2.05) is 0 Å². The molecule has 1 saturated carbocycles. The molecule has 4 nitrogen and oxygen atoms in total. The number of carbonyl (C=O) groups is 1. The van der Waals surface area contributed by atoms with Gasteiger partial charge in [-0.3, -0.25) is 4.79 Å². The number of aliphatic hydroxyl groups is 2. The summed E-state index contributed by atoms with van der Waals surface area (Å²) in [6, 6.07) is 0. The predicted octanol–water partition coefficient (Wildman–Crippen LogP) is 1.96. The lowest BCUT2D eigenvalue weighted by Gasteiger charge is -2.37. The van der Waals surface area contributed by atoms with Crippen LogP contribution in [-0.4, -0.2) is 54.8 Å². The van der Waals surface area contributed by atoms with Crippen molar-refractivity contribution in [3.05, 3.63) is 0 Å². The van der Waals surface area contributed by atoms with Crippen molar-refractivity contribution in [2.75, 3.05) is 13.2 Å². The third-order valence-corrected chi connectivity index (χ3v) is 9.44. The van der Waals surface area contributed by atoms with Crippen molar-refractivity contribution in [2.45, 2.75) is 31.8 Å². The van der Waals surface area contributed by atoms with Crippen molar-refractivity contribution in [2.24, 2.45) is 5.92 Å². The van der Waals surface area contributed by atoms with Gasteiger partial charge in [0, 0.05) is 19.3 Å². The van der Waals surface area contributed by atoms with Crippen molar-refractivity contribution in [3.63, 3.8) is 0 Å². The molecule has 0 aliphatic heterocycles. The first-order chi connectivity index (χ1) is 8.42. The molecule has 0 heterocycles. The summed E-state index contributed by atoms with van der Waals surface area (Å²) in [6.45, 7) is -0.753. The smallest absolute Gasteiger partial charge is 0.310 e. The van der Waals surface area contributed by atoms with Gasteiger partial charge in [-0.2, -0.15) is 0 Å². The maximum atomic E-state index is 12.0. The first-order valence-corrected chi connectivity index (χ1v) is 9.07. The molecule has 0 saturated heterocycles. The average Bonchev–Trinajstić information content (AvgIpc) is 2.37. The average molecular weight is 518 g/mol. The Bertz CT molecular complexity index is 287. The van der Waals surface area contributed by atoms with Crippen molar-refractivity contribution < 1.29 is 19.7 Å². The van der Waals surface area contributed by atoms with Gasteiger partial charge in [0.1, 0.15) is 6.10 Å². The topological polar surface area (TPSA) is 66.8 Å². The van der Waals surface area contributed by atoms with E-state index in [-0.39, 0.29) is 38.4 Å². The Morgan fingerprint density at radius 3 is 2.17 bits per heavy atom. The van der Waals surface area contributed by atoms with E-state index in [2.05, 4.69) is 63.7 Å². The van der Waals surface area contributed by atoms with Crippen LogP contribution in [0.25, 0.3) is 0 Å². The van der Waals surface area contributed by atoms with Crippen molar-refractivity contribution in [1.82, 2.24) is 0 Å². The van der Waals surface area contributed by atoms with Gasteiger partial charge in [-0.05, 0) is 6.42 Å². The van der Waals surface area contributed by atoms with E-state index in [1.54, 1.807) is 0 Å². The lowest BCUT2D eigenvalue weighted by atomic mass is 9.89. The Labute approximate surface area is 139 Å². The highest BCUT2D eigenvalue weighted by atomic mass is 79.9. The highest BCUT2D eigenvalue weighted by Crippen LogP contribution is 2.41. The zero-order valence-corrected chi connectivity index (χ0v) is 15.7. The van der Waals surface area contributed by atoms with Crippen LogP contribution in [0, 0.1) is 5.92 Å². The molecule has 1 fully saturated rings. The summed E-state index contributed by atoms with van der Waals surface area (Å²) >= 11 is 14.1. The summed E-state index contributed by atoms with van der Waals surface area (Å²) < 4.78 is 5.06. The SMILES string of the molecule is O=C(OC(CO)CO)C1CC(Br)C(Br)C(Br)C1Br. The van der Waals surface area contributed by atoms with Gasteiger partial charge in [0.05, 0.1) is 19.1 Å². The minimum Gasteiger partial charge on any atom is -0.457 e. The second-order valence-corrected chi connectivity index (χ2v) is 8.46. The molecule has 106 valence electrons. The van der Waals surface area contributed by atoms with Gasteiger partial charge in [0.2, 0.25) is 0 Å². The van der Waals surface area contributed by atoms with Crippen LogP contribution >= 0.6 is 63.7 Å². The van der Waals surface area contributed by atoms with Gasteiger partial charge in [-0.25, -0.2) is 0 Å². The zero-order valence-electron chi connectivity index (χ0n) is 9.31. The molecule has 2 N–H and O–H groups in total. The Hall–Kier alpha value is 1.31. The monoisotopic (exact) mass is 514 g/mol. The van der Waals surface area contributed by atoms with Gasteiger partial charge in [0.25, 0.3) is 0 Å². The number of alkyl halides is 4. The maximum absolute atomic E-state index is 12.0. The van der Waals surface area contributed by atoms with Crippen LogP contribution in [0.3, 0.4) is 0 Å². The van der Waals surface area contributed by atoms with Gasteiger partial charge in [-0.1, -0.05) is 63.7 Å². The van der Waals surface area contributed by atoms with Crippen molar-refractivity contribution >= 4 is 69.7 Å². The summed E-state index contributed by atoms with van der Waals surface area (Å²) in [6.07, 6.45) is -0.225. The number of ether oxygens (including phenoxy) is 1. The fourth-order valence-corrected chi connectivity index (χ4v) is 5.30. The Kier molecular flexibility index (Phi) is 7.64. The molecule has 0 spiro atoms. The highest BCUT2D eigenvalue weighted by molar-refractivity contribution is 9.14. The van der Waals surface area contributed by atoms with E-state index in [0.717, 1.165) is 0 Å². The number of hydrogen-bond acceptors (Lipinski definition) is 4.